The Hall–Kier alpha value is -1.96. The van der Waals surface area contributed by atoms with Gasteiger partial charge in [-0.15, -0.1) is 6.58 Å². The number of aryl methyl sites for hydroxylation is 2. The highest BCUT2D eigenvalue weighted by Gasteiger charge is 2.26. The number of unbranched alkanes of at least 4 members (excludes halogenated alkanes) is 2. The molecular weight excluding hydrogens is 434 g/mol. The van der Waals surface area contributed by atoms with Crippen LogP contribution in [0.2, 0.25) is 0 Å². The third-order valence-corrected chi connectivity index (χ3v) is 8.93. The van der Waals surface area contributed by atoms with Gasteiger partial charge >= 0.3 is 0 Å². The SMILES string of the molecule is C=CC1CCC(c2ccc(CCC3CCC(c4ccc(CCCCC)c(F)c4F)CC3)cc2)CC1. The first-order chi connectivity index (χ1) is 17.1. The normalized spacial score (nSPS) is 24.9. The largest absolute Gasteiger partial charge is 0.203 e. The molecule has 0 heterocycles. The first kappa shape index (κ1) is 26.1. The van der Waals surface area contributed by atoms with Crippen LogP contribution in [-0.2, 0) is 12.8 Å². The van der Waals surface area contributed by atoms with E-state index >= 15 is 0 Å². The van der Waals surface area contributed by atoms with Gasteiger partial charge in [0.25, 0.3) is 0 Å². The van der Waals surface area contributed by atoms with Crippen LogP contribution in [0.25, 0.3) is 0 Å². The molecule has 2 saturated carbocycles. The molecule has 4 rings (SSSR count). The van der Waals surface area contributed by atoms with Crippen LogP contribution in [0.4, 0.5) is 8.78 Å². The summed E-state index contributed by atoms with van der Waals surface area (Å²) >= 11 is 0. The molecule has 0 atom stereocenters. The minimum absolute atomic E-state index is 0.168. The van der Waals surface area contributed by atoms with Gasteiger partial charge in [0.2, 0.25) is 0 Å². The fraction of sp³-hybridized carbons (Fsp3) is 0.576. The van der Waals surface area contributed by atoms with Crippen LogP contribution in [0.15, 0.2) is 49.1 Å². The van der Waals surface area contributed by atoms with Crippen LogP contribution in [0, 0.1) is 23.5 Å². The molecule has 2 heteroatoms. The topological polar surface area (TPSA) is 0 Å². The zero-order valence-corrected chi connectivity index (χ0v) is 21.7. The highest BCUT2D eigenvalue weighted by atomic mass is 19.2. The van der Waals surface area contributed by atoms with Crippen molar-refractivity contribution < 1.29 is 8.78 Å². The predicted octanol–water partition coefficient (Wildman–Crippen LogP) is 10.1. The molecule has 0 aromatic heterocycles. The van der Waals surface area contributed by atoms with E-state index in [1.807, 2.05) is 12.1 Å². The summed E-state index contributed by atoms with van der Waals surface area (Å²) in [5, 5.41) is 0. The average Bonchev–Trinajstić information content (AvgIpc) is 2.91. The molecule has 0 nitrogen and oxygen atoms in total. The van der Waals surface area contributed by atoms with Crippen LogP contribution in [0.5, 0.6) is 0 Å². The second-order valence-electron chi connectivity index (χ2n) is 11.2. The van der Waals surface area contributed by atoms with Gasteiger partial charge < -0.3 is 0 Å². The van der Waals surface area contributed by atoms with Gasteiger partial charge in [-0.25, -0.2) is 8.78 Å². The Bertz CT molecular complexity index is 928. The first-order valence-corrected chi connectivity index (χ1v) is 14.3. The lowest BCUT2D eigenvalue weighted by atomic mass is 9.76. The fourth-order valence-corrected chi connectivity index (χ4v) is 6.46. The minimum Gasteiger partial charge on any atom is -0.203 e. The first-order valence-electron chi connectivity index (χ1n) is 14.3. The second-order valence-corrected chi connectivity index (χ2v) is 11.2. The summed E-state index contributed by atoms with van der Waals surface area (Å²) in [5.74, 6) is 1.11. The Labute approximate surface area is 212 Å². The van der Waals surface area contributed by atoms with Crippen LogP contribution in [0.3, 0.4) is 0 Å². The van der Waals surface area contributed by atoms with Crippen LogP contribution < -0.4 is 0 Å². The van der Waals surface area contributed by atoms with Gasteiger partial charge in [-0.05, 0) is 123 Å². The van der Waals surface area contributed by atoms with Gasteiger partial charge in [-0.2, -0.15) is 0 Å². The Kier molecular flexibility index (Phi) is 9.58. The Morgan fingerprint density at radius 3 is 2.11 bits per heavy atom. The van der Waals surface area contributed by atoms with Crippen LogP contribution >= 0.6 is 0 Å². The highest BCUT2D eigenvalue weighted by molar-refractivity contribution is 5.30. The summed E-state index contributed by atoms with van der Waals surface area (Å²) in [6.45, 7) is 6.09. The summed E-state index contributed by atoms with van der Waals surface area (Å²) in [6.07, 6.45) is 17.5. The van der Waals surface area contributed by atoms with Gasteiger partial charge in [0.05, 0.1) is 0 Å². The van der Waals surface area contributed by atoms with E-state index in [9.17, 15) is 8.78 Å². The summed E-state index contributed by atoms with van der Waals surface area (Å²) in [6, 6.07) is 13.1. The average molecular weight is 479 g/mol. The molecule has 0 saturated heterocycles. The van der Waals surface area contributed by atoms with Crippen molar-refractivity contribution in [1.82, 2.24) is 0 Å². The number of allylic oxidation sites excluding steroid dienone is 1. The molecule has 0 amide bonds. The Morgan fingerprint density at radius 2 is 1.46 bits per heavy atom. The van der Waals surface area contributed by atoms with Crippen molar-refractivity contribution in [2.24, 2.45) is 11.8 Å². The fourth-order valence-electron chi connectivity index (χ4n) is 6.46. The van der Waals surface area contributed by atoms with E-state index in [1.165, 1.54) is 43.2 Å². The van der Waals surface area contributed by atoms with Gasteiger partial charge in [0.1, 0.15) is 0 Å². The van der Waals surface area contributed by atoms with Crippen LogP contribution in [0.1, 0.15) is 118 Å². The number of benzene rings is 2. The van der Waals surface area contributed by atoms with E-state index in [4.69, 9.17) is 0 Å². The maximum atomic E-state index is 14.8. The molecule has 2 fully saturated rings. The predicted molar refractivity (Wildman–Crippen MR) is 144 cm³/mol. The van der Waals surface area contributed by atoms with Gasteiger partial charge in [-0.3, -0.25) is 0 Å². The van der Waals surface area contributed by atoms with Gasteiger partial charge in [-0.1, -0.05) is 62.2 Å². The van der Waals surface area contributed by atoms with Crippen molar-refractivity contribution in [3.05, 3.63) is 82.9 Å². The summed E-state index contributed by atoms with van der Waals surface area (Å²) in [7, 11) is 0. The molecule has 2 aliphatic rings. The molecule has 2 aromatic rings. The number of hydrogen-bond acceptors (Lipinski definition) is 0. The van der Waals surface area contributed by atoms with E-state index < -0.39 is 11.6 Å². The molecule has 0 N–H and O–H groups in total. The third-order valence-electron chi connectivity index (χ3n) is 8.93. The lowest BCUT2D eigenvalue weighted by Gasteiger charge is -2.29. The molecule has 2 aliphatic carbocycles. The molecule has 0 bridgehead atoms. The van der Waals surface area contributed by atoms with Crippen molar-refractivity contribution in [2.75, 3.05) is 0 Å². The number of halogens is 2. The Morgan fingerprint density at radius 1 is 0.771 bits per heavy atom. The number of rotatable bonds is 10. The van der Waals surface area contributed by atoms with E-state index in [0.717, 1.165) is 51.4 Å². The summed E-state index contributed by atoms with van der Waals surface area (Å²) in [5.41, 5.74) is 4.09. The van der Waals surface area contributed by atoms with Gasteiger partial charge in [0.15, 0.2) is 11.6 Å². The van der Waals surface area contributed by atoms with E-state index in [0.29, 0.717) is 35.3 Å². The summed E-state index contributed by atoms with van der Waals surface area (Å²) < 4.78 is 29.5. The quantitative estimate of drug-likeness (QED) is 0.235. The van der Waals surface area contributed by atoms with Crippen molar-refractivity contribution in [1.29, 1.82) is 0 Å². The maximum Gasteiger partial charge on any atom is 0.162 e. The molecule has 35 heavy (non-hydrogen) atoms. The zero-order valence-electron chi connectivity index (χ0n) is 21.7. The molecule has 2 aromatic carbocycles. The molecule has 0 unspecified atom stereocenters. The van der Waals surface area contributed by atoms with Crippen molar-refractivity contribution in [3.63, 3.8) is 0 Å². The van der Waals surface area contributed by atoms with Crippen molar-refractivity contribution in [3.8, 4) is 0 Å². The lowest BCUT2D eigenvalue weighted by molar-refractivity contribution is 0.304. The van der Waals surface area contributed by atoms with E-state index in [1.54, 1.807) is 0 Å². The van der Waals surface area contributed by atoms with Crippen molar-refractivity contribution >= 4 is 0 Å². The molecule has 190 valence electrons. The smallest absolute Gasteiger partial charge is 0.162 e. The lowest BCUT2D eigenvalue weighted by Crippen LogP contribution is -2.16. The molecule has 0 spiro atoms. The molecule has 0 radical (unpaired) electrons. The van der Waals surface area contributed by atoms with E-state index in [2.05, 4.69) is 43.8 Å². The van der Waals surface area contributed by atoms with Crippen molar-refractivity contribution in [2.45, 2.75) is 109 Å². The monoisotopic (exact) mass is 478 g/mol. The maximum absolute atomic E-state index is 14.8. The third kappa shape index (κ3) is 6.83. The number of hydrogen-bond donors (Lipinski definition) is 0. The second kappa shape index (κ2) is 12.8. The molecule has 0 aliphatic heterocycles. The molecular formula is C33H44F2. The highest BCUT2D eigenvalue weighted by Crippen LogP contribution is 2.40. The van der Waals surface area contributed by atoms with Crippen LogP contribution in [-0.4, -0.2) is 0 Å². The standard InChI is InChI=1S/C33H44F2/c1-3-5-6-7-30-22-23-31(33(35)32(30)34)29-20-14-26(15-21-29)9-8-25-12-18-28(19-13-25)27-16-10-24(4-2)11-17-27/h4,12-13,18-19,22-24,26-27,29H,2-3,5-11,14-17,20-21H2,1H3. The van der Waals surface area contributed by atoms with Gasteiger partial charge in [0, 0.05) is 0 Å². The van der Waals surface area contributed by atoms with E-state index in [-0.39, 0.29) is 5.92 Å². The Balaban J connectivity index is 1.23. The minimum atomic E-state index is -0.599. The summed E-state index contributed by atoms with van der Waals surface area (Å²) in [4.78, 5) is 0. The zero-order chi connectivity index (χ0) is 24.6.